The van der Waals surface area contributed by atoms with Crippen LogP contribution in [0.2, 0.25) is 0 Å². The lowest BCUT2D eigenvalue weighted by atomic mass is 9.83. The maximum absolute atomic E-state index is 5.75. The second-order valence-electron chi connectivity index (χ2n) is 5.65. The number of halogens is 1. The molecule has 0 aromatic heterocycles. The Morgan fingerprint density at radius 3 is 2.82 bits per heavy atom. The molecule has 1 aliphatic heterocycles. The topological polar surface area (TPSA) is 15.3 Å². The highest BCUT2D eigenvalue weighted by Gasteiger charge is 2.27. The number of hydrogen-bond donors (Lipinski definition) is 1. The Hall–Kier alpha value is -0.0500. The third-order valence-corrected chi connectivity index (χ3v) is 4.54. The van der Waals surface area contributed by atoms with E-state index in [2.05, 4.69) is 17.1 Å². The maximum Gasteiger partial charge on any atom is 0.0223 e. The fourth-order valence-corrected chi connectivity index (χ4v) is 3.29. The average molecular weight is 257 g/mol. The second-order valence-corrected chi connectivity index (χ2v) is 5.87. The minimum Gasteiger partial charge on any atom is -0.311 e. The molecule has 2 aliphatic rings. The highest BCUT2D eigenvalue weighted by atomic mass is 35.5. The van der Waals surface area contributed by atoms with Gasteiger partial charge in [0.2, 0.25) is 0 Å². The minimum atomic E-state index is 0.715. The molecule has 1 N–H and O–H groups in total. The lowest BCUT2D eigenvalue weighted by Crippen LogP contribution is -2.54. The van der Waals surface area contributed by atoms with E-state index in [1.807, 2.05) is 0 Å². The zero-order valence-corrected chi connectivity index (χ0v) is 11.7. The van der Waals surface area contributed by atoms with Crippen LogP contribution in [-0.2, 0) is 0 Å². The van der Waals surface area contributed by atoms with E-state index in [1.54, 1.807) is 5.54 Å². The van der Waals surface area contributed by atoms with Crippen LogP contribution in [0.4, 0.5) is 0 Å². The van der Waals surface area contributed by atoms with E-state index in [0.29, 0.717) is 6.04 Å². The van der Waals surface area contributed by atoms with Crippen LogP contribution in [0.3, 0.4) is 0 Å². The Balaban J connectivity index is 1.83. The van der Waals surface area contributed by atoms with Crippen LogP contribution in [0.25, 0.3) is 0 Å². The van der Waals surface area contributed by atoms with Crippen molar-refractivity contribution in [3.05, 3.63) is 11.1 Å². The van der Waals surface area contributed by atoms with Gasteiger partial charge in [-0.25, -0.2) is 0 Å². The molecule has 1 saturated carbocycles. The first-order chi connectivity index (χ1) is 8.29. The van der Waals surface area contributed by atoms with E-state index in [4.69, 9.17) is 11.6 Å². The number of rotatable bonds is 3. The number of nitrogens with zero attached hydrogens (tertiary/aromatic N) is 1. The molecule has 0 amide bonds. The number of nitrogens with one attached hydrogen (secondary N) is 1. The number of piperazine rings is 1. The van der Waals surface area contributed by atoms with Crippen molar-refractivity contribution in [2.24, 2.45) is 5.92 Å². The van der Waals surface area contributed by atoms with Crippen molar-refractivity contribution in [1.82, 2.24) is 10.2 Å². The van der Waals surface area contributed by atoms with Gasteiger partial charge in [0.05, 0.1) is 0 Å². The lowest BCUT2D eigenvalue weighted by Gasteiger charge is -2.39. The van der Waals surface area contributed by atoms with Crippen LogP contribution in [0.15, 0.2) is 11.1 Å². The van der Waals surface area contributed by atoms with Gasteiger partial charge >= 0.3 is 0 Å². The van der Waals surface area contributed by atoms with E-state index in [-0.39, 0.29) is 0 Å². The van der Waals surface area contributed by atoms with Gasteiger partial charge in [0, 0.05) is 37.8 Å². The highest BCUT2D eigenvalue weighted by Crippen LogP contribution is 2.27. The molecule has 3 heteroatoms. The molecule has 98 valence electrons. The van der Waals surface area contributed by atoms with Crippen LogP contribution in [0.5, 0.6) is 0 Å². The second kappa shape index (κ2) is 6.77. The smallest absolute Gasteiger partial charge is 0.0223 e. The quantitative estimate of drug-likeness (QED) is 0.835. The molecule has 1 saturated heterocycles. The molecule has 1 unspecified atom stereocenters. The Kier molecular flexibility index (Phi) is 5.33. The Labute approximate surface area is 110 Å². The van der Waals surface area contributed by atoms with Gasteiger partial charge in [0.15, 0.2) is 0 Å². The summed E-state index contributed by atoms with van der Waals surface area (Å²) in [5, 5.41) is 3.72. The molecule has 2 nitrogen and oxygen atoms in total. The standard InChI is InChI=1S/C14H25ClN2/c1-12(9-15)10-17-8-7-16-14(11-17)13-5-3-2-4-6-13/h9,13-14,16H,2-8,10-11H2,1H3. The monoisotopic (exact) mass is 256 g/mol. The first-order valence-corrected chi connectivity index (χ1v) is 7.45. The predicted octanol–water partition coefficient (Wildman–Crippen LogP) is 2.98. The van der Waals surface area contributed by atoms with Gasteiger partial charge in [-0.2, -0.15) is 0 Å². The van der Waals surface area contributed by atoms with E-state index in [9.17, 15) is 0 Å². The summed E-state index contributed by atoms with van der Waals surface area (Å²) >= 11 is 5.75. The van der Waals surface area contributed by atoms with Crippen molar-refractivity contribution in [3.8, 4) is 0 Å². The van der Waals surface area contributed by atoms with Crippen molar-refractivity contribution in [1.29, 1.82) is 0 Å². The summed E-state index contributed by atoms with van der Waals surface area (Å²) in [6.45, 7) is 6.65. The third kappa shape index (κ3) is 3.97. The van der Waals surface area contributed by atoms with E-state index < -0.39 is 0 Å². The number of hydrogen-bond acceptors (Lipinski definition) is 2. The molecule has 1 atom stereocenters. The van der Waals surface area contributed by atoms with Crippen LogP contribution in [-0.4, -0.2) is 37.1 Å². The summed E-state index contributed by atoms with van der Waals surface area (Å²) in [5.74, 6) is 0.909. The fraction of sp³-hybridized carbons (Fsp3) is 0.857. The molecule has 0 bridgehead atoms. The Bertz CT molecular complexity index is 259. The summed E-state index contributed by atoms with van der Waals surface area (Å²) in [6.07, 6.45) is 7.17. The molecule has 17 heavy (non-hydrogen) atoms. The largest absolute Gasteiger partial charge is 0.311 e. The van der Waals surface area contributed by atoms with Gasteiger partial charge < -0.3 is 5.32 Å². The summed E-state index contributed by atoms with van der Waals surface area (Å²) in [7, 11) is 0. The Morgan fingerprint density at radius 1 is 1.35 bits per heavy atom. The molecule has 1 aliphatic carbocycles. The van der Waals surface area contributed by atoms with Crippen LogP contribution < -0.4 is 5.32 Å². The fourth-order valence-electron chi connectivity index (χ4n) is 3.23. The average Bonchev–Trinajstić information content (AvgIpc) is 2.40. The Morgan fingerprint density at radius 2 is 2.12 bits per heavy atom. The molecular weight excluding hydrogens is 232 g/mol. The summed E-state index contributed by atoms with van der Waals surface area (Å²) < 4.78 is 0. The molecule has 0 radical (unpaired) electrons. The molecule has 2 rings (SSSR count). The summed E-state index contributed by atoms with van der Waals surface area (Å²) in [5.41, 5.74) is 2.99. The van der Waals surface area contributed by atoms with Crippen LogP contribution >= 0.6 is 11.6 Å². The van der Waals surface area contributed by atoms with E-state index in [0.717, 1.165) is 25.6 Å². The van der Waals surface area contributed by atoms with Crippen molar-refractivity contribution in [2.45, 2.75) is 45.1 Å². The molecular formula is C14H25ClN2. The molecule has 0 aromatic rings. The molecule has 0 spiro atoms. The van der Waals surface area contributed by atoms with Crippen molar-refractivity contribution >= 4 is 11.6 Å². The third-order valence-electron chi connectivity index (χ3n) is 4.17. The maximum atomic E-state index is 5.75. The van der Waals surface area contributed by atoms with Gasteiger partial charge in [0.1, 0.15) is 0 Å². The van der Waals surface area contributed by atoms with E-state index in [1.165, 1.54) is 44.2 Å². The van der Waals surface area contributed by atoms with Crippen molar-refractivity contribution in [3.63, 3.8) is 0 Å². The van der Waals surface area contributed by atoms with Gasteiger partial charge in [0.25, 0.3) is 0 Å². The molecule has 1 heterocycles. The van der Waals surface area contributed by atoms with Gasteiger partial charge in [-0.1, -0.05) is 30.9 Å². The molecule has 2 fully saturated rings. The van der Waals surface area contributed by atoms with Crippen LogP contribution in [0.1, 0.15) is 39.0 Å². The zero-order valence-electron chi connectivity index (χ0n) is 10.9. The summed E-state index contributed by atoms with van der Waals surface area (Å²) in [4.78, 5) is 2.55. The molecule has 0 aromatic carbocycles. The van der Waals surface area contributed by atoms with Gasteiger partial charge in [-0.15, -0.1) is 0 Å². The minimum absolute atomic E-state index is 0.715. The zero-order chi connectivity index (χ0) is 12.1. The first kappa shape index (κ1) is 13.4. The SMILES string of the molecule is CC(=CCl)CN1CCNC(C2CCCCC2)C1. The van der Waals surface area contributed by atoms with Crippen molar-refractivity contribution < 1.29 is 0 Å². The van der Waals surface area contributed by atoms with Crippen molar-refractivity contribution in [2.75, 3.05) is 26.2 Å². The lowest BCUT2D eigenvalue weighted by molar-refractivity contribution is 0.154. The predicted molar refractivity (Wildman–Crippen MR) is 74.4 cm³/mol. The first-order valence-electron chi connectivity index (χ1n) is 7.01. The van der Waals surface area contributed by atoms with Gasteiger partial charge in [-0.05, 0) is 31.3 Å². The van der Waals surface area contributed by atoms with Gasteiger partial charge in [-0.3, -0.25) is 4.90 Å². The summed E-state index contributed by atoms with van der Waals surface area (Å²) in [6, 6.07) is 0.715. The van der Waals surface area contributed by atoms with E-state index >= 15 is 0 Å². The highest BCUT2D eigenvalue weighted by molar-refractivity contribution is 6.25. The normalized spacial score (nSPS) is 29.5. The van der Waals surface area contributed by atoms with Crippen LogP contribution in [0, 0.1) is 5.92 Å².